The normalized spacial score (nSPS) is 18.1. The minimum Gasteiger partial charge on any atom is -0.757 e. The minimum atomic E-state index is 0.434. The Bertz CT molecular complexity index is 108. The molecule has 0 aliphatic carbocycles. The van der Waals surface area contributed by atoms with Gasteiger partial charge in [-0.25, -0.2) is 4.99 Å². The number of hydrogen-bond donors (Lipinski definition) is 0. The highest BCUT2D eigenvalue weighted by Gasteiger charge is 1.81. The van der Waals surface area contributed by atoms with Gasteiger partial charge in [-0.2, -0.15) is 0 Å². The summed E-state index contributed by atoms with van der Waals surface area (Å²) in [5.41, 5.74) is 0. The highest BCUT2D eigenvalue weighted by Crippen LogP contribution is 1.87. The molecule has 0 N–H and O–H groups in total. The summed E-state index contributed by atoms with van der Waals surface area (Å²) in [6.07, 6.45) is 4.56. The maximum absolute atomic E-state index is 10.2. The lowest BCUT2D eigenvalue weighted by Crippen LogP contribution is -2.14. The van der Waals surface area contributed by atoms with Crippen LogP contribution in [0.15, 0.2) is 17.3 Å². The minimum absolute atomic E-state index is 0.434. The molecule has 0 unspecified atom stereocenters. The van der Waals surface area contributed by atoms with Gasteiger partial charge < -0.3 is 10.3 Å². The van der Waals surface area contributed by atoms with Crippen molar-refractivity contribution in [2.24, 2.45) is 4.99 Å². The van der Waals surface area contributed by atoms with Crippen molar-refractivity contribution in [1.82, 2.24) is 5.06 Å². The molecule has 1 aliphatic rings. The van der Waals surface area contributed by atoms with Crippen molar-refractivity contribution in [3.63, 3.8) is 0 Å². The number of nitrogens with zero attached hydrogens (tertiary/aromatic N) is 2. The molecule has 0 saturated heterocycles. The average molecular weight is 97.1 g/mol. The van der Waals surface area contributed by atoms with Crippen molar-refractivity contribution in [2.75, 3.05) is 6.54 Å². The third-order valence-electron chi connectivity index (χ3n) is 0.672. The Labute approximate surface area is 41.5 Å². The Hall–Kier alpha value is -0.830. The quantitative estimate of drug-likeness (QED) is 0.437. The Morgan fingerprint density at radius 1 is 1.71 bits per heavy atom. The van der Waals surface area contributed by atoms with E-state index in [0.717, 1.165) is 5.06 Å². The molecular weight excluding hydrogens is 92.1 g/mol. The summed E-state index contributed by atoms with van der Waals surface area (Å²) in [5, 5.41) is 10.9. The van der Waals surface area contributed by atoms with Crippen LogP contribution in [0.2, 0.25) is 0 Å². The Morgan fingerprint density at radius 2 is 2.57 bits per heavy atom. The van der Waals surface area contributed by atoms with Crippen LogP contribution in [-0.4, -0.2) is 17.9 Å². The molecule has 1 heterocycles. The second-order valence-electron chi connectivity index (χ2n) is 1.25. The van der Waals surface area contributed by atoms with Crippen LogP contribution < -0.4 is 0 Å². The van der Waals surface area contributed by atoms with Crippen molar-refractivity contribution >= 4 is 6.34 Å². The van der Waals surface area contributed by atoms with Gasteiger partial charge in [0.1, 0.15) is 0 Å². The van der Waals surface area contributed by atoms with E-state index in [1.54, 1.807) is 12.3 Å². The van der Waals surface area contributed by atoms with E-state index in [1.165, 1.54) is 6.34 Å². The lowest BCUT2D eigenvalue weighted by molar-refractivity contribution is 0.637. The monoisotopic (exact) mass is 97.0 g/mol. The van der Waals surface area contributed by atoms with Crippen molar-refractivity contribution in [3.05, 3.63) is 17.5 Å². The van der Waals surface area contributed by atoms with Gasteiger partial charge in [0.2, 0.25) is 0 Å². The first-order valence-corrected chi connectivity index (χ1v) is 2.01. The predicted molar refractivity (Wildman–Crippen MR) is 27.7 cm³/mol. The van der Waals surface area contributed by atoms with Gasteiger partial charge in [0, 0.05) is 12.7 Å². The lowest BCUT2D eigenvalue weighted by atomic mass is 10.6. The van der Waals surface area contributed by atoms with Crippen LogP contribution >= 0.6 is 0 Å². The summed E-state index contributed by atoms with van der Waals surface area (Å²) < 4.78 is 0. The highest BCUT2D eigenvalue weighted by atomic mass is 16.5. The molecule has 0 atom stereocenters. The van der Waals surface area contributed by atoms with E-state index in [1.807, 2.05) is 0 Å². The molecule has 3 nitrogen and oxygen atoms in total. The van der Waals surface area contributed by atoms with Crippen LogP contribution in [-0.2, 0) is 0 Å². The molecule has 0 bridgehead atoms. The van der Waals surface area contributed by atoms with E-state index >= 15 is 0 Å². The molecular formula is C4H5N2O-. The second-order valence-corrected chi connectivity index (χ2v) is 1.25. The number of aliphatic imine (C=N–C) groups is 1. The van der Waals surface area contributed by atoms with Crippen molar-refractivity contribution in [3.8, 4) is 0 Å². The average Bonchev–Trinajstić information content (AvgIpc) is 1.69. The van der Waals surface area contributed by atoms with Crippen molar-refractivity contribution < 1.29 is 0 Å². The number of rotatable bonds is 0. The van der Waals surface area contributed by atoms with Crippen LogP contribution in [0.3, 0.4) is 0 Å². The van der Waals surface area contributed by atoms with Crippen molar-refractivity contribution in [1.29, 1.82) is 0 Å². The van der Waals surface area contributed by atoms with E-state index in [4.69, 9.17) is 0 Å². The van der Waals surface area contributed by atoms with Crippen LogP contribution in [0.4, 0.5) is 0 Å². The van der Waals surface area contributed by atoms with E-state index in [0.29, 0.717) is 6.54 Å². The molecule has 0 aromatic carbocycles. The molecule has 7 heavy (non-hydrogen) atoms. The molecule has 0 spiro atoms. The molecule has 1 aliphatic heterocycles. The van der Waals surface area contributed by atoms with Gasteiger partial charge in [-0.1, -0.05) is 0 Å². The maximum Gasteiger partial charge on any atom is 0.0800 e. The smallest absolute Gasteiger partial charge is 0.0800 e. The van der Waals surface area contributed by atoms with Gasteiger partial charge >= 0.3 is 0 Å². The molecule has 0 aromatic rings. The SMILES string of the molecule is [O-]N1C=NC=CC1. The van der Waals surface area contributed by atoms with Gasteiger partial charge in [-0.3, -0.25) is 0 Å². The third kappa shape index (κ3) is 1.01. The molecule has 38 valence electrons. The van der Waals surface area contributed by atoms with E-state index in [2.05, 4.69) is 4.99 Å². The highest BCUT2D eigenvalue weighted by molar-refractivity contribution is 5.57. The molecule has 0 radical (unpaired) electrons. The molecule has 0 saturated carbocycles. The lowest BCUT2D eigenvalue weighted by Gasteiger charge is -2.23. The Morgan fingerprint density at radius 3 is 2.86 bits per heavy atom. The van der Waals surface area contributed by atoms with Crippen LogP contribution in [0.25, 0.3) is 0 Å². The molecule has 0 amide bonds. The van der Waals surface area contributed by atoms with Gasteiger partial charge in [0.15, 0.2) is 0 Å². The van der Waals surface area contributed by atoms with E-state index < -0.39 is 0 Å². The summed E-state index contributed by atoms with van der Waals surface area (Å²) in [6, 6.07) is 0. The summed E-state index contributed by atoms with van der Waals surface area (Å²) in [5.74, 6) is 0. The summed E-state index contributed by atoms with van der Waals surface area (Å²) >= 11 is 0. The number of hydrogen-bond acceptors (Lipinski definition) is 3. The zero-order valence-electron chi connectivity index (χ0n) is 3.74. The van der Waals surface area contributed by atoms with Gasteiger partial charge in [0.05, 0.1) is 6.34 Å². The standard InChI is InChI=1S/C4H5N2O/c7-6-3-1-2-5-4-6/h1-2,4H,3H2/q-1. The summed E-state index contributed by atoms with van der Waals surface area (Å²) in [7, 11) is 0. The zero-order valence-corrected chi connectivity index (χ0v) is 3.74. The number of hydroxylamine groups is 2. The fourth-order valence-corrected chi connectivity index (χ4v) is 0.372. The maximum atomic E-state index is 10.2. The summed E-state index contributed by atoms with van der Waals surface area (Å²) in [4.78, 5) is 3.57. The predicted octanol–water partition coefficient (Wildman–Crippen LogP) is 0.342. The molecule has 0 fully saturated rings. The van der Waals surface area contributed by atoms with Gasteiger partial charge in [-0.15, -0.1) is 0 Å². The zero-order chi connectivity index (χ0) is 5.11. The Kier molecular flexibility index (Phi) is 1.08. The first kappa shape index (κ1) is 4.33. The van der Waals surface area contributed by atoms with Crippen LogP contribution in [0.1, 0.15) is 0 Å². The van der Waals surface area contributed by atoms with Crippen LogP contribution in [0.5, 0.6) is 0 Å². The largest absolute Gasteiger partial charge is 0.757 e. The molecule has 3 heteroatoms. The van der Waals surface area contributed by atoms with Gasteiger partial charge in [-0.05, 0) is 6.08 Å². The van der Waals surface area contributed by atoms with E-state index in [9.17, 15) is 5.21 Å². The second kappa shape index (κ2) is 1.75. The third-order valence-corrected chi connectivity index (χ3v) is 0.672. The fourth-order valence-electron chi connectivity index (χ4n) is 0.372. The first-order valence-electron chi connectivity index (χ1n) is 2.01. The summed E-state index contributed by atoms with van der Waals surface area (Å²) in [6.45, 7) is 0.434. The van der Waals surface area contributed by atoms with Crippen molar-refractivity contribution in [2.45, 2.75) is 0 Å². The van der Waals surface area contributed by atoms with Crippen LogP contribution in [0, 0.1) is 5.21 Å². The molecule has 0 aromatic heterocycles. The Balaban J connectivity index is 2.49. The molecule has 1 rings (SSSR count). The van der Waals surface area contributed by atoms with E-state index in [-0.39, 0.29) is 0 Å². The topological polar surface area (TPSA) is 38.7 Å². The first-order chi connectivity index (χ1) is 3.39. The fraction of sp³-hybridized carbons (Fsp3) is 0.250. The van der Waals surface area contributed by atoms with Gasteiger partial charge in [0.25, 0.3) is 0 Å².